The molecule has 0 unspecified atom stereocenters. The van der Waals surface area contributed by atoms with E-state index in [1.807, 2.05) is 6.07 Å². The Morgan fingerprint density at radius 3 is 2.12 bits per heavy atom. The van der Waals surface area contributed by atoms with E-state index in [0.29, 0.717) is 5.56 Å². The molecule has 1 atom stereocenters. The van der Waals surface area contributed by atoms with Crippen molar-refractivity contribution in [2.75, 3.05) is 6.54 Å². The SMILES string of the molecule is O=C(NC[C@H](c1ccccc1)S(=O)(=O)c1ccccc1)c1ccccn1. The normalized spacial score (nSPS) is 12.3. The molecule has 3 rings (SSSR count). The Kier molecular flexibility index (Phi) is 5.43. The first-order chi connectivity index (χ1) is 12.6. The third-order valence-corrected chi connectivity index (χ3v) is 6.08. The molecule has 0 saturated heterocycles. The average molecular weight is 366 g/mol. The van der Waals surface area contributed by atoms with Crippen LogP contribution in [0.25, 0.3) is 0 Å². The van der Waals surface area contributed by atoms with Gasteiger partial charge in [-0.2, -0.15) is 0 Å². The zero-order valence-corrected chi connectivity index (χ0v) is 14.8. The van der Waals surface area contributed by atoms with Crippen molar-refractivity contribution in [1.82, 2.24) is 10.3 Å². The molecular weight excluding hydrogens is 348 g/mol. The molecule has 1 amide bonds. The van der Waals surface area contributed by atoms with Gasteiger partial charge in [0.2, 0.25) is 0 Å². The van der Waals surface area contributed by atoms with Gasteiger partial charge in [0, 0.05) is 12.7 Å². The van der Waals surface area contributed by atoms with Gasteiger partial charge in [-0.25, -0.2) is 8.42 Å². The van der Waals surface area contributed by atoms with Gasteiger partial charge in [-0.05, 0) is 29.8 Å². The third-order valence-electron chi connectivity index (χ3n) is 3.96. The van der Waals surface area contributed by atoms with Crippen LogP contribution in [0.2, 0.25) is 0 Å². The van der Waals surface area contributed by atoms with Crippen molar-refractivity contribution in [3.63, 3.8) is 0 Å². The first-order valence-electron chi connectivity index (χ1n) is 8.12. The average Bonchev–Trinajstić information content (AvgIpc) is 2.70. The number of carbonyl (C=O) groups excluding carboxylic acids is 1. The fourth-order valence-electron chi connectivity index (χ4n) is 2.62. The fourth-order valence-corrected chi connectivity index (χ4v) is 4.31. The summed E-state index contributed by atoms with van der Waals surface area (Å²) in [6, 6.07) is 22.1. The minimum Gasteiger partial charge on any atom is -0.349 e. The number of aromatic nitrogens is 1. The summed E-state index contributed by atoms with van der Waals surface area (Å²) in [5.41, 5.74) is 0.870. The number of amides is 1. The van der Waals surface area contributed by atoms with Crippen LogP contribution in [0.4, 0.5) is 0 Å². The van der Waals surface area contributed by atoms with E-state index in [9.17, 15) is 13.2 Å². The number of hydrogen-bond acceptors (Lipinski definition) is 4. The van der Waals surface area contributed by atoms with Crippen molar-refractivity contribution in [2.24, 2.45) is 0 Å². The highest BCUT2D eigenvalue weighted by Gasteiger charge is 2.29. The van der Waals surface area contributed by atoms with Gasteiger partial charge >= 0.3 is 0 Å². The van der Waals surface area contributed by atoms with E-state index < -0.39 is 21.0 Å². The lowest BCUT2D eigenvalue weighted by Crippen LogP contribution is -2.32. The number of benzene rings is 2. The van der Waals surface area contributed by atoms with Crippen LogP contribution < -0.4 is 5.32 Å². The third kappa shape index (κ3) is 3.97. The van der Waals surface area contributed by atoms with Gasteiger partial charge in [0.25, 0.3) is 5.91 Å². The topological polar surface area (TPSA) is 76.1 Å². The summed E-state index contributed by atoms with van der Waals surface area (Å²) in [7, 11) is -3.67. The standard InChI is InChI=1S/C20H18N2O3S/c23-20(18-13-7-8-14-21-18)22-15-19(16-9-3-1-4-10-16)26(24,25)17-11-5-2-6-12-17/h1-14,19H,15H2,(H,22,23)/t19-/m1/s1. The summed E-state index contributed by atoms with van der Waals surface area (Å²) in [6.45, 7) is -0.0450. The summed E-state index contributed by atoms with van der Waals surface area (Å²) >= 11 is 0. The van der Waals surface area contributed by atoms with E-state index in [-0.39, 0.29) is 17.1 Å². The van der Waals surface area contributed by atoms with Crippen LogP contribution in [-0.4, -0.2) is 25.9 Å². The Morgan fingerprint density at radius 1 is 0.885 bits per heavy atom. The lowest BCUT2D eigenvalue weighted by molar-refractivity contribution is 0.0948. The molecule has 6 heteroatoms. The van der Waals surface area contributed by atoms with Gasteiger partial charge in [0.05, 0.1) is 4.90 Å². The maximum atomic E-state index is 13.1. The molecule has 0 saturated carbocycles. The molecule has 2 aromatic carbocycles. The number of sulfone groups is 1. The van der Waals surface area contributed by atoms with Crippen LogP contribution in [0.5, 0.6) is 0 Å². The Hall–Kier alpha value is -2.99. The van der Waals surface area contributed by atoms with Crippen molar-refractivity contribution >= 4 is 15.7 Å². The van der Waals surface area contributed by atoms with Crippen LogP contribution in [0, 0.1) is 0 Å². The molecule has 26 heavy (non-hydrogen) atoms. The van der Waals surface area contributed by atoms with Crippen LogP contribution in [0.15, 0.2) is 90.0 Å². The van der Waals surface area contributed by atoms with Gasteiger partial charge in [0.15, 0.2) is 9.84 Å². The number of hydrogen-bond donors (Lipinski definition) is 1. The van der Waals surface area contributed by atoms with Gasteiger partial charge in [-0.3, -0.25) is 9.78 Å². The summed E-state index contributed by atoms with van der Waals surface area (Å²) in [5.74, 6) is -0.408. The Bertz CT molecular complexity index is 960. The zero-order chi connectivity index (χ0) is 18.4. The van der Waals surface area contributed by atoms with E-state index in [0.717, 1.165) is 0 Å². The fraction of sp³-hybridized carbons (Fsp3) is 0.100. The van der Waals surface area contributed by atoms with Gasteiger partial charge in [-0.15, -0.1) is 0 Å². The van der Waals surface area contributed by atoms with Crippen molar-refractivity contribution < 1.29 is 13.2 Å². The van der Waals surface area contributed by atoms with Crippen LogP contribution in [0.3, 0.4) is 0 Å². The van der Waals surface area contributed by atoms with Crippen molar-refractivity contribution in [1.29, 1.82) is 0 Å². The van der Waals surface area contributed by atoms with Crippen molar-refractivity contribution in [3.05, 3.63) is 96.3 Å². The maximum absolute atomic E-state index is 13.1. The smallest absolute Gasteiger partial charge is 0.269 e. The summed E-state index contributed by atoms with van der Waals surface area (Å²) < 4.78 is 26.2. The minimum absolute atomic E-state index is 0.0450. The van der Waals surface area contributed by atoms with Crippen LogP contribution in [-0.2, 0) is 9.84 Å². The Labute approximate surface area is 152 Å². The van der Waals surface area contributed by atoms with E-state index in [4.69, 9.17) is 0 Å². The predicted octanol–water partition coefficient (Wildman–Crippen LogP) is 3.03. The van der Waals surface area contributed by atoms with E-state index >= 15 is 0 Å². The largest absolute Gasteiger partial charge is 0.349 e. The molecule has 0 spiro atoms. The lowest BCUT2D eigenvalue weighted by Gasteiger charge is -2.19. The molecule has 1 heterocycles. The first-order valence-corrected chi connectivity index (χ1v) is 9.67. The van der Waals surface area contributed by atoms with Gasteiger partial charge < -0.3 is 5.32 Å². The molecule has 0 fully saturated rings. The molecule has 0 aliphatic rings. The second kappa shape index (κ2) is 7.93. The van der Waals surface area contributed by atoms with Crippen LogP contribution in [0.1, 0.15) is 21.3 Å². The highest BCUT2D eigenvalue weighted by atomic mass is 32.2. The molecule has 132 valence electrons. The number of nitrogens with zero attached hydrogens (tertiary/aromatic N) is 1. The Morgan fingerprint density at radius 2 is 1.50 bits per heavy atom. The summed E-state index contributed by atoms with van der Waals surface area (Å²) in [5, 5.41) is 1.80. The molecule has 0 aliphatic carbocycles. The first kappa shape index (κ1) is 17.8. The zero-order valence-electron chi connectivity index (χ0n) is 13.9. The second-order valence-electron chi connectivity index (χ2n) is 5.68. The molecular formula is C20H18N2O3S. The molecule has 0 bridgehead atoms. The number of rotatable bonds is 6. The summed E-state index contributed by atoms with van der Waals surface area (Å²) in [4.78, 5) is 16.5. The number of carbonyl (C=O) groups is 1. The van der Waals surface area contributed by atoms with E-state index in [2.05, 4.69) is 10.3 Å². The number of pyridine rings is 1. The molecule has 1 aromatic heterocycles. The van der Waals surface area contributed by atoms with Crippen molar-refractivity contribution in [3.8, 4) is 0 Å². The maximum Gasteiger partial charge on any atom is 0.269 e. The molecule has 3 aromatic rings. The lowest BCUT2D eigenvalue weighted by atomic mass is 10.1. The Balaban J connectivity index is 1.89. The predicted molar refractivity (Wildman–Crippen MR) is 99.4 cm³/mol. The van der Waals surface area contributed by atoms with Crippen molar-refractivity contribution in [2.45, 2.75) is 10.1 Å². The molecule has 1 N–H and O–H groups in total. The quantitative estimate of drug-likeness (QED) is 0.727. The highest BCUT2D eigenvalue weighted by Crippen LogP contribution is 2.28. The number of nitrogens with one attached hydrogen (secondary N) is 1. The molecule has 5 nitrogen and oxygen atoms in total. The highest BCUT2D eigenvalue weighted by molar-refractivity contribution is 7.91. The second-order valence-corrected chi connectivity index (χ2v) is 7.81. The van der Waals surface area contributed by atoms with E-state index in [1.165, 1.54) is 6.20 Å². The monoisotopic (exact) mass is 366 g/mol. The molecule has 0 aliphatic heterocycles. The van der Waals surface area contributed by atoms with Crippen LogP contribution >= 0.6 is 0 Å². The summed E-state index contributed by atoms with van der Waals surface area (Å²) in [6.07, 6.45) is 1.52. The van der Waals surface area contributed by atoms with Gasteiger partial charge in [-0.1, -0.05) is 54.6 Å². The van der Waals surface area contributed by atoms with Gasteiger partial charge in [0.1, 0.15) is 10.9 Å². The minimum atomic E-state index is -3.67. The van der Waals surface area contributed by atoms with E-state index in [1.54, 1.807) is 72.8 Å². The molecule has 0 radical (unpaired) electrons.